The third-order valence-electron chi connectivity index (χ3n) is 2.11. The Morgan fingerprint density at radius 3 is 2.83 bits per heavy atom. The van der Waals surface area contributed by atoms with Crippen molar-refractivity contribution in [3.8, 4) is 11.6 Å². The first-order valence-corrected chi connectivity index (χ1v) is 5.27. The van der Waals surface area contributed by atoms with Gasteiger partial charge in [0, 0.05) is 12.3 Å². The van der Waals surface area contributed by atoms with E-state index in [1.807, 2.05) is 0 Å². The second-order valence-electron chi connectivity index (χ2n) is 3.34. The predicted octanol–water partition coefficient (Wildman–Crippen LogP) is 3.36. The summed E-state index contributed by atoms with van der Waals surface area (Å²) in [7, 11) is 0. The van der Waals surface area contributed by atoms with Gasteiger partial charge in [0.2, 0.25) is 5.88 Å². The van der Waals surface area contributed by atoms with Crippen molar-refractivity contribution < 1.29 is 19.0 Å². The van der Waals surface area contributed by atoms with Crippen LogP contribution >= 0.6 is 11.6 Å². The quantitative estimate of drug-likeness (QED) is 0.926. The SMILES string of the molecule is O=C(O)c1cccnc1Oc1ccc(F)c(Cl)c1. The molecule has 0 saturated heterocycles. The fraction of sp³-hybridized carbons (Fsp3) is 0. The first kappa shape index (κ1) is 12.3. The lowest BCUT2D eigenvalue weighted by Gasteiger charge is -2.07. The minimum Gasteiger partial charge on any atom is -0.477 e. The van der Waals surface area contributed by atoms with E-state index in [-0.39, 0.29) is 22.2 Å². The molecular formula is C12H7ClFNO3. The molecule has 1 heterocycles. The Balaban J connectivity index is 2.34. The fourth-order valence-corrected chi connectivity index (χ4v) is 1.46. The van der Waals surface area contributed by atoms with Crippen molar-refractivity contribution >= 4 is 17.6 Å². The first-order valence-electron chi connectivity index (χ1n) is 4.89. The monoisotopic (exact) mass is 267 g/mol. The first-order chi connectivity index (χ1) is 8.58. The van der Waals surface area contributed by atoms with Gasteiger partial charge in [-0.2, -0.15) is 0 Å². The van der Waals surface area contributed by atoms with Crippen molar-refractivity contribution in [3.05, 3.63) is 52.9 Å². The molecule has 2 rings (SSSR count). The van der Waals surface area contributed by atoms with Gasteiger partial charge < -0.3 is 9.84 Å². The van der Waals surface area contributed by atoms with Gasteiger partial charge >= 0.3 is 5.97 Å². The van der Waals surface area contributed by atoms with Gasteiger partial charge in [0.25, 0.3) is 0 Å². The minimum atomic E-state index is -1.16. The standard InChI is InChI=1S/C12H7ClFNO3/c13-9-6-7(3-4-10(9)14)18-11-8(12(16)17)2-1-5-15-11/h1-6H,(H,16,17). The highest BCUT2D eigenvalue weighted by Crippen LogP contribution is 2.26. The number of carboxylic acid groups (broad SMARTS) is 1. The second kappa shape index (κ2) is 5.01. The van der Waals surface area contributed by atoms with Crippen molar-refractivity contribution in [3.63, 3.8) is 0 Å². The van der Waals surface area contributed by atoms with Gasteiger partial charge in [0.1, 0.15) is 17.1 Å². The molecule has 0 unspecified atom stereocenters. The number of hydrogen-bond acceptors (Lipinski definition) is 3. The van der Waals surface area contributed by atoms with E-state index in [1.54, 1.807) is 0 Å². The zero-order chi connectivity index (χ0) is 13.1. The van der Waals surface area contributed by atoms with Crippen LogP contribution in [0, 0.1) is 5.82 Å². The van der Waals surface area contributed by atoms with Gasteiger partial charge in [-0.25, -0.2) is 14.2 Å². The van der Waals surface area contributed by atoms with Crippen LogP contribution in [0.3, 0.4) is 0 Å². The van der Waals surface area contributed by atoms with Crippen molar-refractivity contribution in [2.24, 2.45) is 0 Å². The van der Waals surface area contributed by atoms with E-state index in [0.29, 0.717) is 0 Å². The third-order valence-corrected chi connectivity index (χ3v) is 2.40. The van der Waals surface area contributed by atoms with E-state index in [1.165, 1.54) is 30.5 Å². The van der Waals surface area contributed by atoms with Crippen molar-refractivity contribution in [1.29, 1.82) is 0 Å². The number of pyridine rings is 1. The Morgan fingerprint density at radius 2 is 2.17 bits per heavy atom. The number of halogens is 2. The molecule has 0 spiro atoms. The molecule has 0 atom stereocenters. The smallest absolute Gasteiger partial charge is 0.341 e. The number of carbonyl (C=O) groups is 1. The van der Waals surface area contributed by atoms with E-state index in [9.17, 15) is 9.18 Å². The molecular weight excluding hydrogens is 261 g/mol. The summed E-state index contributed by atoms with van der Waals surface area (Å²) in [6.07, 6.45) is 1.40. The summed E-state index contributed by atoms with van der Waals surface area (Å²) in [5.74, 6) is -1.61. The average Bonchev–Trinajstić information content (AvgIpc) is 2.34. The molecule has 2 aromatic rings. The number of ether oxygens (including phenoxy) is 1. The molecule has 1 N–H and O–H groups in total. The topological polar surface area (TPSA) is 59.4 Å². The lowest BCUT2D eigenvalue weighted by Crippen LogP contribution is -2.01. The molecule has 0 aliphatic rings. The summed E-state index contributed by atoms with van der Waals surface area (Å²) < 4.78 is 18.2. The van der Waals surface area contributed by atoms with Gasteiger partial charge in [-0.05, 0) is 24.3 Å². The Labute approximate surface area is 107 Å². The van der Waals surface area contributed by atoms with Crippen LogP contribution in [-0.2, 0) is 0 Å². The molecule has 4 nitrogen and oxygen atoms in total. The molecule has 1 aromatic heterocycles. The molecule has 6 heteroatoms. The highest BCUT2D eigenvalue weighted by atomic mass is 35.5. The maximum atomic E-state index is 12.9. The number of nitrogens with zero attached hydrogens (tertiary/aromatic N) is 1. The number of aromatic nitrogens is 1. The van der Waals surface area contributed by atoms with E-state index in [0.717, 1.165) is 6.07 Å². The highest BCUT2D eigenvalue weighted by Gasteiger charge is 2.13. The number of carboxylic acids is 1. The molecule has 1 aromatic carbocycles. The Bertz CT molecular complexity index is 604. The van der Waals surface area contributed by atoms with Gasteiger partial charge in [-0.3, -0.25) is 0 Å². The zero-order valence-corrected chi connectivity index (χ0v) is 9.69. The summed E-state index contributed by atoms with van der Waals surface area (Å²) in [5, 5.41) is 8.83. The third kappa shape index (κ3) is 2.57. The number of hydrogen-bond donors (Lipinski definition) is 1. The normalized spacial score (nSPS) is 10.1. The minimum absolute atomic E-state index is 0.0762. The highest BCUT2D eigenvalue weighted by molar-refractivity contribution is 6.30. The molecule has 0 fully saturated rings. The average molecular weight is 268 g/mol. The molecule has 18 heavy (non-hydrogen) atoms. The Hall–Kier alpha value is -2.14. The summed E-state index contributed by atoms with van der Waals surface area (Å²) in [6, 6.07) is 6.55. The van der Waals surface area contributed by atoms with Gasteiger partial charge in [0.15, 0.2) is 0 Å². The fourth-order valence-electron chi connectivity index (χ4n) is 1.29. The van der Waals surface area contributed by atoms with Crippen molar-refractivity contribution in [2.45, 2.75) is 0 Å². The van der Waals surface area contributed by atoms with E-state index >= 15 is 0 Å². The Morgan fingerprint density at radius 1 is 1.39 bits per heavy atom. The molecule has 0 bridgehead atoms. The maximum absolute atomic E-state index is 12.9. The number of benzene rings is 1. The van der Waals surface area contributed by atoms with E-state index in [4.69, 9.17) is 21.4 Å². The largest absolute Gasteiger partial charge is 0.477 e. The van der Waals surface area contributed by atoms with Crippen LogP contribution in [0.25, 0.3) is 0 Å². The molecule has 0 aliphatic heterocycles. The molecule has 0 saturated carbocycles. The predicted molar refractivity (Wildman–Crippen MR) is 62.7 cm³/mol. The lowest BCUT2D eigenvalue weighted by atomic mass is 10.3. The maximum Gasteiger partial charge on any atom is 0.341 e. The summed E-state index contributed by atoms with van der Waals surface area (Å²) in [5.41, 5.74) is -0.0852. The van der Waals surface area contributed by atoms with Crippen LogP contribution in [0.4, 0.5) is 4.39 Å². The zero-order valence-electron chi connectivity index (χ0n) is 8.93. The van der Waals surface area contributed by atoms with Crippen LogP contribution in [0.15, 0.2) is 36.5 Å². The van der Waals surface area contributed by atoms with Crippen LogP contribution in [0.5, 0.6) is 11.6 Å². The summed E-state index contributed by atoms with van der Waals surface area (Å²) in [6.45, 7) is 0. The van der Waals surface area contributed by atoms with Crippen LogP contribution in [0.1, 0.15) is 10.4 Å². The van der Waals surface area contributed by atoms with E-state index in [2.05, 4.69) is 4.98 Å². The lowest BCUT2D eigenvalue weighted by molar-refractivity contribution is 0.0693. The van der Waals surface area contributed by atoms with E-state index < -0.39 is 11.8 Å². The summed E-state index contributed by atoms with van der Waals surface area (Å²) in [4.78, 5) is 14.7. The number of aromatic carboxylic acids is 1. The molecule has 0 aliphatic carbocycles. The van der Waals surface area contributed by atoms with Crippen molar-refractivity contribution in [2.75, 3.05) is 0 Å². The Kier molecular flexibility index (Phi) is 3.43. The molecule has 0 amide bonds. The van der Waals surface area contributed by atoms with Crippen LogP contribution < -0.4 is 4.74 Å². The summed E-state index contributed by atoms with van der Waals surface area (Å²) >= 11 is 5.59. The molecule has 92 valence electrons. The van der Waals surface area contributed by atoms with Gasteiger partial charge in [-0.15, -0.1) is 0 Å². The molecule has 0 radical (unpaired) electrons. The number of rotatable bonds is 3. The van der Waals surface area contributed by atoms with Crippen molar-refractivity contribution in [1.82, 2.24) is 4.98 Å². The van der Waals surface area contributed by atoms with Crippen LogP contribution in [-0.4, -0.2) is 16.1 Å². The van der Waals surface area contributed by atoms with Gasteiger partial charge in [0.05, 0.1) is 5.02 Å². The second-order valence-corrected chi connectivity index (χ2v) is 3.75. The van der Waals surface area contributed by atoms with Crippen LogP contribution in [0.2, 0.25) is 5.02 Å². The van der Waals surface area contributed by atoms with Gasteiger partial charge in [-0.1, -0.05) is 11.6 Å².